The van der Waals surface area contributed by atoms with Gasteiger partial charge in [0.25, 0.3) is 0 Å². The van der Waals surface area contributed by atoms with Crippen molar-refractivity contribution < 1.29 is 71.6 Å². The van der Waals surface area contributed by atoms with Gasteiger partial charge in [-0.2, -0.15) is 0 Å². The molecule has 16 heteroatoms. The van der Waals surface area contributed by atoms with E-state index < -0.39 is 114 Å². The average molecular weight is 876 g/mol. The molecule has 1 aromatic carbocycles. The lowest BCUT2D eigenvalue weighted by Gasteiger charge is -2.54. The van der Waals surface area contributed by atoms with Crippen LogP contribution in [0.4, 0.5) is 0 Å². The number of methoxy groups -OCH3 is 2. The lowest BCUT2D eigenvalue weighted by molar-refractivity contribution is -0.879. The number of benzene rings is 1. The standard InChI is InChI=1S/C46H69NO15/c1-11-36(50)60-35-25-37(51)57-29(3)18-14-12-17-21-34(49)28(2)24-33(22-23-48)42(43(35)54-9)62-45-40(52)39(47(7,8)53)41(30(4)59-45)61-38-26-46(6,55-10)44(31(5)58-38)56-27-32-19-15-13-16-20-32/h12-17,19-21,23,28-31,33,35,38-45,52H,11,18,22,24-27H2,1-10H3/b14-12+,21-17+/t28-,29-,30-,31+,33+,35-,38+,39-,40-,41-,42+,43+,44+,45+,46-/m1/s1. The molecule has 0 unspecified atom stereocenters. The fourth-order valence-electron chi connectivity index (χ4n) is 8.65. The topological polar surface area (TPSA) is 195 Å². The molecule has 16 nitrogen and oxygen atoms in total. The van der Waals surface area contributed by atoms with Gasteiger partial charge in [0.2, 0.25) is 0 Å². The highest BCUT2D eigenvalue weighted by Gasteiger charge is 2.55. The van der Waals surface area contributed by atoms with E-state index in [1.165, 1.54) is 27.3 Å². The Bertz CT molecular complexity index is 1650. The van der Waals surface area contributed by atoms with Gasteiger partial charge in [-0.15, -0.1) is 0 Å². The highest BCUT2D eigenvalue weighted by atomic mass is 16.7. The van der Waals surface area contributed by atoms with Crippen LogP contribution in [0.1, 0.15) is 85.6 Å². The molecule has 0 bridgehead atoms. The van der Waals surface area contributed by atoms with Crippen LogP contribution in [0.15, 0.2) is 54.6 Å². The van der Waals surface area contributed by atoms with Gasteiger partial charge in [-0.05, 0) is 51.7 Å². The molecule has 2 saturated heterocycles. The zero-order valence-electron chi connectivity index (χ0n) is 37.9. The Morgan fingerprint density at radius 3 is 2.34 bits per heavy atom. The van der Waals surface area contributed by atoms with Crippen LogP contribution in [-0.2, 0) is 68.4 Å². The van der Waals surface area contributed by atoms with Crippen LogP contribution in [-0.4, -0.2) is 141 Å². The summed E-state index contributed by atoms with van der Waals surface area (Å²) < 4.78 is 54.8. The fraction of sp³-hybridized carbons (Fsp3) is 0.696. The molecule has 0 spiro atoms. The number of aliphatic hydroxyl groups is 1. The Kier molecular flexibility index (Phi) is 19.4. The van der Waals surface area contributed by atoms with Crippen molar-refractivity contribution in [2.75, 3.05) is 28.3 Å². The third-order valence-corrected chi connectivity index (χ3v) is 12.0. The van der Waals surface area contributed by atoms with E-state index in [1.54, 1.807) is 53.0 Å². The smallest absolute Gasteiger partial charge is 0.309 e. The molecule has 15 atom stereocenters. The summed E-state index contributed by atoms with van der Waals surface area (Å²) in [5, 5.41) is 26.3. The number of quaternary nitrogens is 1. The second-order valence-electron chi connectivity index (χ2n) is 17.3. The van der Waals surface area contributed by atoms with Crippen molar-refractivity contribution in [3.8, 4) is 0 Å². The number of nitrogens with zero attached hydrogens (tertiary/aromatic N) is 1. The van der Waals surface area contributed by atoms with Crippen LogP contribution < -0.4 is 0 Å². The van der Waals surface area contributed by atoms with E-state index in [2.05, 4.69) is 0 Å². The minimum absolute atomic E-state index is 0.0275. The predicted octanol–water partition coefficient (Wildman–Crippen LogP) is 4.91. The van der Waals surface area contributed by atoms with Crippen molar-refractivity contribution in [1.82, 2.24) is 0 Å². The van der Waals surface area contributed by atoms with Gasteiger partial charge in [0.05, 0.1) is 51.0 Å². The molecule has 4 rings (SSSR count). The average Bonchev–Trinajstić information content (AvgIpc) is 3.21. The van der Waals surface area contributed by atoms with Gasteiger partial charge in [0, 0.05) is 45.8 Å². The van der Waals surface area contributed by atoms with E-state index in [-0.39, 0.29) is 31.5 Å². The number of hydrogen-bond donors (Lipinski definition) is 1. The zero-order chi connectivity index (χ0) is 45.8. The van der Waals surface area contributed by atoms with Crippen LogP contribution in [0.3, 0.4) is 0 Å². The number of likely N-dealkylation sites (N-methyl/N-ethyl adjacent to an activating group) is 1. The number of cyclic esters (lactones) is 1. The first-order valence-electron chi connectivity index (χ1n) is 21.6. The summed E-state index contributed by atoms with van der Waals surface area (Å²) in [5.41, 5.74) is 0.126. The number of esters is 2. The van der Waals surface area contributed by atoms with Crippen molar-refractivity contribution in [3.05, 3.63) is 65.4 Å². The molecule has 0 saturated carbocycles. The summed E-state index contributed by atoms with van der Waals surface area (Å²) in [7, 11) is 5.67. The van der Waals surface area contributed by atoms with Crippen LogP contribution in [0.5, 0.6) is 0 Å². The van der Waals surface area contributed by atoms with E-state index in [1.807, 2.05) is 44.2 Å². The van der Waals surface area contributed by atoms with Crippen molar-refractivity contribution in [2.24, 2.45) is 11.8 Å². The molecule has 62 heavy (non-hydrogen) atoms. The molecule has 0 radical (unpaired) electrons. The quantitative estimate of drug-likeness (QED) is 0.115. The van der Waals surface area contributed by atoms with Gasteiger partial charge < -0.3 is 62.4 Å². The molecular weight excluding hydrogens is 806 g/mol. The van der Waals surface area contributed by atoms with E-state index in [0.29, 0.717) is 19.3 Å². The maximum Gasteiger partial charge on any atom is 0.309 e. The molecule has 1 aromatic rings. The van der Waals surface area contributed by atoms with Crippen LogP contribution >= 0.6 is 0 Å². The lowest BCUT2D eigenvalue weighted by Crippen LogP contribution is -2.69. The maximum absolute atomic E-state index is 14.1. The first-order valence-corrected chi connectivity index (χ1v) is 21.6. The Morgan fingerprint density at radius 2 is 1.71 bits per heavy atom. The normalized spacial score (nSPS) is 37.8. The number of carbonyl (C=O) groups excluding carboxylic acids is 4. The van der Waals surface area contributed by atoms with E-state index in [9.17, 15) is 29.5 Å². The van der Waals surface area contributed by atoms with Crippen LogP contribution in [0, 0.1) is 17.0 Å². The summed E-state index contributed by atoms with van der Waals surface area (Å²) in [4.78, 5) is 51.9. The van der Waals surface area contributed by atoms with Crippen molar-refractivity contribution in [1.29, 1.82) is 0 Å². The SMILES string of the molecule is CCC(=O)O[C@@H]1CC(=O)O[C@H](C)C/C=C/C=C/C(=O)[C@H](C)C[C@H](CC=O)[C@H](O[C@@H]2O[C@H](C)[C@@H](O[C@H]3C[C@@](C)(OC)[C@@H](OCc4ccccc4)[C@H](C)O3)[C@H]([N+](C)(C)[O-])[C@H]2O)[C@H]1OC. The molecule has 3 aliphatic rings. The highest BCUT2D eigenvalue weighted by Crippen LogP contribution is 2.39. The summed E-state index contributed by atoms with van der Waals surface area (Å²) in [6.07, 6.45) is -4.12. The number of ketones is 1. The van der Waals surface area contributed by atoms with Gasteiger partial charge in [-0.1, -0.05) is 62.4 Å². The fourth-order valence-corrected chi connectivity index (χ4v) is 8.65. The van der Waals surface area contributed by atoms with Crippen LogP contribution in [0.2, 0.25) is 0 Å². The summed E-state index contributed by atoms with van der Waals surface area (Å²) in [6.45, 7) is 10.8. The molecule has 2 fully saturated rings. The van der Waals surface area contributed by atoms with E-state index >= 15 is 0 Å². The molecular formula is C46H69NO15. The molecule has 348 valence electrons. The molecule has 0 amide bonds. The first kappa shape index (κ1) is 51.2. The molecule has 3 aliphatic heterocycles. The van der Waals surface area contributed by atoms with E-state index in [0.717, 1.165) is 5.56 Å². The molecule has 0 aromatic heterocycles. The second-order valence-corrected chi connectivity index (χ2v) is 17.3. The van der Waals surface area contributed by atoms with Gasteiger partial charge in [-0.3, -0.25) is 14.4 Å². The Balaban J connectivity index is 1.68. The Hall–Kier alpha value is -3.42. The largest absolute Gasteiger partial charge is 0.633 e. The first-order chi connectivity index (χ1) is 29.3. The minimum Gasteiger partial charge on any atom is -0.633 e. The van der Waals surface area contributed by atoms with Gasteiger partial charge in [-0.25, -0.2) is 0 Å². The number of hydrogen-bond acceptors (Lipinski definition) is 15. The second kappa shape index (κ2) is 23.5. The predicted molar refractivity (Wildman–Crippen MR) is 226 cm³/mol. The summed E-state index contributed by atoms with van der Waals surface area (Å²) in [5.74, 6) is -2.96. The molecule has 0 aliphatic carbocycles. The number of aliphatic hydroxyl groups excluding tert-OH is 1. The maximum atomic E-state index is 14.1. The third-order valence-electron chi connectivity index (χ3n) is 12.0. The lowest BCUT2D eigenvalue weighted by atomic mass is 9.83. The summed E-state index contributed by atoms with van der Waals surface area (Å²) >= 11 is 0. The number of allylic oxidation sites excluding steroid dienone is 3. The number of rotatable bonds is 14. The van der Waals surface area contributed by atoms with Gasteiger partial charge >= 0.3 is 11.9 Å². The number of ether oxygens (including phenoxy) is 9. The van der Waals surface area contributed by atoms with Crippen LogP contribution in [0.25, 0.3) is 0 Å². The van der Waals surface area contributed by atoms with E-state index in [4.69, 9.17) is 42.6 Å². The number of hydroxylamine groups is 3. The summed E-state index contributed by atoms with van der Waals surface area (Å²) in [6, 6.07) is 8.53. The Morgan fingerprint density at radius 1 is 1.00 bits per heavy atom. The van der Waals surface area contributed by atoms with Gasteiger partial charge in [0.15, 0.2) is 24.5 Å². The Labute approximate surface area is 366 Å². The minimum atomic E-state index is -1.65. The van der Waals surface area contributed by atoms with Crippen molar-refractivity contribution >= 4 is 24.0 Å². The zero-order valence-corrected chi connectivity index (χ0v) is 37.9. The number of carbonyl (C=O) groups is 4. The third kappa shape index (κ3) is 13.8. The molecule has 1 N–H and O–H groups in total. The monoisotopic (exact) mass is 875 g/mol. The highest BCUT2D eigenvalue weighted by molar-refractivity contribution is 5.91. The van der Waals surface area contributed by atoms with Gasteiger partial charge in [0.1, 0.15) is 42.8 Å². The van der Waals surface area contributed by atoms with Crippen molar-refractivity contribution in [2.45, 2.75) is 166 Å². The van der Waals surface area contributed by atoms with Crippen molar-refractivity contribution in [3.63, 3.8) is 0 Å². The number of aldehydes is 1. The molecule has 3 heterocycles.